The zero-order valence-electron chi connectivity index (χ0n) is 18.3. The molecular formula is C21H22B2F2N2O8. The van der Waals surface area contributed by atoms with Gasteiger partial charge in [0, 0.05) is 6.54 Å². The first-order chi connectivity index (χ1) is 16.6. The van der Waals surface area contributed by atoms with Crippen LogP contribution in [0.2, 0.25) is 0 Å². The Kier molecular flexibility index (Phi) is 8.57. The van der Waals surface area contributed by atoms with Crippen LogP contribution in [0.5, 0.6) is 0 Å². The second-order valence-electron chi connectivity index (χ2n) is 7.92. The van der Waals surface area contributed by atoms with Gasteiger partial charge in [0.1, 0.15) is 17.7 Å². The number of halogens is 2. The van der Waals surface area contributed by atoms with Gasteiger partial charge in [-0.2, -0.15) is 0 Å². The summed E-state index contributed by atoms with van der Waals surface area (Å²) in [5.74, 6) is -4.84. The van der Waals surface area contributed by atoms with Gasteiger partial charge in [-0.3, -0.25) is 9.59 Å². The average molecular weight is 490 g/mol. The molecule has 2 aromatic carbocycles. The van der Waals surface area contributed by atoms with Gasteiger partial charge in [0.05, 0.1) is 17.7 Å². The first-order valence-electron chi connectivity index (χ1n) is 10.7. The molecule has 2 aromatic rings. The number of nitrogens with one attached hydrogen (secondary N) is 2. The molecule has 1 heterocycles. The molecule has 0 fully saturated rings. The summed E-state index contributed by atoms with van der Waals surface area (Å²) in [6, 6.07) is 4.00. The highest BCUT2D eigenvalue weighted by Gasteiger charge is 2.31. The Morgan fingerprint density at radius 3 is 2.43 bits per heavy atom. The molecule has 0 bridgehead atoms. The molecule has 6 N–H and O–H groups in total. The largest absolute Gasteiger partial charge is 0.491 e. The van der Waals surface area contributed by atoms with Gasteiger partial charge in [-0.05, 0) is 60.0 Å². The van der Waals surface area contributed by atoms with Crippen molar-refractivity contribution >= 4 is 42.9 Å². The van der Waals surface area contributed by atoms with Crippen LogP contribution in [0, 0.1) is 11.6 Å². The normalized spacial score (nSPS) is 13.2. The van der Waals surface area contributed by atoms with Crippen molar-refractivity contribution in [2.24, 2.45) is 0 Å². The average Bonchev–Trinajstić information content (AvgIpc) is 3.16. The molecule has 1 aliphatic heterocycles. The van der Waals surface area contributed by atoms with E-state index < -0.39 is 49.7 Å². The van der Waals surface area contributed by atoms with E-state index in [2.05, 4.69) is 10.6 Å². The van der Waals surface area contributed by atoms with Crippen LogP contribution in [0.3, 0.4) is 0 Å². The van der Waals surface area contributed by atoms with Crippen LogP contribution in [0.25, 0.3) is 0 Å². The van der Waals surface area contributed by atoms with Gasteiger partial charge in [-0.1, -0.05) is 6.07 Å². The second-order valence-corrected chi connectivity index (χ2v) is 7.92. The number of benzene rings is 2. The Hall–Kier alpha value is -3.32. The number of carboxylic acids is 1. The minimum atomic E-state index is -1.87. The third kappa shape index (κ3) is 6.42. The maximum atomic E-state index is 14.3. The van der Waals surface area contributed by atoms with Gasteiger partial charge in [-0.15, -0.1) is 0 Å². The number of aliphatic carboxylic acids is 1. The fourth-order valence-corrected chi connectivity index (χ4v) is 3.56. The van der Waals surface area contributed by atoms with Crippen molar-refractivity contribution in [3.05, 3.63) is 58.7 Å². The molecule has 0 saturated heterocycles. The third-order valence-electron chi connectivity index (χ3n) is 5.48. The number of rotatable bonds is 10. The quantitative estimate of drug-likeness (QED) is 0.176. The van der Waals surface area contributed by atoms with E-state index in [1.807, 2.05) is 0 Å². The molecule has 1 atom stereocenters. The zero-order chi connectivity index (χ0) is 25.7. The van der Waals surface area contributed by atoms with Gasteiger partial charge in [0.2, 0.25) is 0 Å². The lowest BCUT2D eigenvalue weighted by Crippen LogP contribution is -2.41. The van der Waals surface area contributed by atoms with Crippen molar-refractivity contribution < 1.29 is 48.0 Å². The smallest absolute Gasteiger partial charge is 0.480 e. The summed E-state index contributed by atoms with van der Waals surface area (Å²) >= 11 is 0. The van der Waals surface area contributed by atoms with Crippen LogP contribution in [0.1, 0.15) is 45.5 Å². The van der Waals surface area contributed by atoms with E-state index in [0.29, 0.717) is 12.0 Å². The summed E-state index contributed by atoms with van der Waals surface area (Å²) in [6.45, 7) is 0.0767. The number of unbranched alkanes of at least 4 members (excludes halogenated alkanes) is 1. The van der Waals surface area contributed by atoms with Crippen molar-refractivity contribution in [3.8, 4) is 0 Å². The van der Waals surface area contributed by atoms with Crippen molar-refractivity contribution in [1.82, 2.24) is 10.6 Å². The zero-order valence-corrected chi connectivity index (χ0v) is 18.3. The van der Waals surface area contributed by atoms with Crippen LogP contribution in [-0.4, -0.2) is 64.8 Å². The van der Waals surface area contributed by atoms with Crippen LogP contribution < -0.4 is 21.6 Å². The minimum Gasteiger partial charge on any atom is -0.480 e. The summed E-state index contributed by atoms with van der Waals surface area (Å²) in [5, 5.41) is 41.8. The summed E-state index contributed by atoms with van der Waals surface area (Å²) in [5.41, 5.74) is -0.143. The van der Waals surface area contributed by atoms with Crippen LogP contribution in [0.4, 0.5) is 8.78 Å². The first-order valence-corrected chi connectivity index (χ1v) is 10.7. The molecule has 1 unspecified atom stereocenters. The topological polar surface area (TPSA) is 165 Å². The number of hydrogen-bond donors (Lipinski definition) is 6. The lowest BCUT2D eigenvalue weighted by Gasteiger charge is -2.15. The maximum Gasteiger partial charge on any atom is 0.491 e. The standard InChI is InChI=1S/C21H22B2F2N2O8/c24-16-8-12(22(32)33)4-5-13(16)19(28)26-6-2-1-3-18(21(30)31)27-20(29)14-7-11-10-35-23(34)15(11)9-17(14)25/h4-5,7-9,18,32-34H,1-3,6,10H2,(H,26,28)(H,27,29)(H,30,31). The molecule has 0 spiro atoms. The Labute approximate surface area is 199 Å². The minimum absolute atomic E-state index is 0.0111. The van der Waals surface area contributed by atoms with E-state index in [1.54, 1.807) is 0 Å². The Bertz CT molecular complexity index is 1130. The monoisotopic (exact) mass is 490 g/mol. The molecule has 35 heavy (non-hydrogen) atoms. The molecule has 14 heteroatoms. The summed E-state index contributed by atoms with van der Waals surface area (Å²) in [4.78, 5) is 36.1. The molecule has 1 aliphatic rings. The SMILES string of the molecule is O=C(NCCCCC(NC(=O)c1cc2c(cc1F)B(O)OC2)C(=O)O)c1ccc(B(O)O)cc1F. The first kappa shape index (κ1) is 26.3. The molecule has 3 rings (SSSR count). The van der Waals surface area contributed by atoms with Gasteiger partial charge < -0.3 is 35.5 Å². The van der Waals surface area contributed by atoms with E-state index >= 15 is 0 Å². The lowest BCUT2D eigenvalue weighted by atomic mass is 9.79. The second kappa shape index (κ2) is 11.4. The number of carbonyl (C=O) groups is 3. The fraction of sp³-hybridized carbons (Fsp3) is 0.286. The Morgan fingerprint density at radius 1 is 1.06 bits per heavy atom. The van der Waals surface area contributed by atoms with Gasteiger partial charge in [0.25, 0.3) is 11.8 Å². The summed E-state index contributed by atoms with van der Waals surface area (Å²) in [7, 11) is -3.15. The number of carbonyl (C=O) groups excluding carboxylic acids is 2. The van der Waals surface area contributed by atoms with Crippen LogP contribution in [-0.2, 0) is 16.1 Å². The summed E-state index contributed by atoms with van der Waals surface area (Å²) in [6.07, 6.45) is 0.564. The van der Waals surface area contributed by atoms with E-state index in [4.69, 9.17) is 14.7 Å². The van der Waals surface area contributed by atoms with E-state index in [0.717, 1.165) is 18.2 Å². The molecular weight excluding hydrogens is 468 g/mol. The highest BCUT2D eigenvalue weighted by Crippen LogP contribution is 2.16. The molecule has 0 radical (unpaired) electrons. The molecule has 0 aliphatic carbocycles. The highest BCUT2D eigenvalue weighted by molar-refractivity contribution is 6.61. The van der Waals surface area contributed by atoms with Crippen molar-refractivity contribution in [2.75, 3.05) is 6.54 Å². The van der Waals surface area contributed by atoms with E-state index in [-0.39, 0.29) is 48.0 Å². The van der Waals surface area contributed by atoms with Crippen molar-refractivity contribution in [2.45, 2.75) is 31.9 Å². The predicted octanol–water partition coefficient (Wildman–Crippen LogP) is -1.35. The van der Waals surface area contributed by atoms with Gasteiger partial charge in [0.15, 0.2) is 0 Å². The van der Waals surface area contributed by atoms with Crippen molar-refractivity contribution in [1.29, 1.82) is 0 Å². The molecule has 0 aromatic heterocycles. The molecule has 0 saturated carbocycles. The Morgan fingerprint density at radius 2 is 1.77 bits per heavy atom. The predicted molar refractivity (Wildman–Crippen MR) is 120 cm³/mol. The van der Waals surface area contributed by atoms with Crippen molar-refractivity contribution in [3.63, 3.8) is 0 Å². The van der Waals surface area contributed by atoms with E-state index in [1.165, 1.54) is 12.1 Å². The number of hydrogen-bond acceptors (Lipinski definition) is 7. The third-order valence-corrected chi connectivity index (χ3v) is 5.48. The Balaban J connectivity index is 1.49. The lowest BCUT2D eigenvalue weighted by molar-refractivity contribution is -0.139. The van der Waals surface area contributed by atoms with Gasteiger partial charge >= 0.3 is 20.2 Å². The number of carboxylic acid groups (broad SMARTS) is 1. The fourth-order valence-electron chi connectivity index (χ4n) is 3.56. The summed E-state index contributed by atoms with van der Waals surface area (Å²) < 4.78 is 33.3. The molecule has 2 amide bonds. The van der Waals surface area contributed by atoms with Crippen LogP contribution >= 0.6 is 0 Å². The molecule has 184 valence electrons. The molecule has 10 nitrogen and oxygen atoms in total. The highest BCUT2D eigenvalue weighted by atomic mass is 19.1. The van der Waals surface area contributed by atoms with Crippen LogP contribution in [0.15, 0.2) is 30.3 Å². The van der Waals surface area contributed by atoms with E-state index in [9.17, 15) is 33.3 Å². The number of fused-ring (bicyclic) bond motifs is 1. The maximum absolute atomic E-state index is 14.3. The number of amides is 2. The van der Waals surface area contributed by atoms with Gasteiger partial charge in [-0.25, -0.2) is 13.6 Å².